The van der Waals surface area contributed by atoms with E-state index in [4.69, 9.17) is 27.6 Å². The molecular weight excluding hydrogens is 327 g/mol. The van der Waals surface area contributed by atoms with Gasteiger partial charge in [0.05, 0.1) is 15.4 Å². The van der Waals surface area contributed by atoms with Gasteiger partial charge in [0, 0.05) is 12.3 Å². The van der Waals surface area contributed by atoms with Crippen molar-refractivity contribution in [1.29, 1.82) is 0 Å². The van der Waals surface area contributed by atoms with Gasteiger partial charge in [-0.25, -0.2) is 9.78 Å². The van der Waals surface area contributed by atoms with Gasteiger partial charge in [0.1, 0.15) is 5.82 Å². The third kappa shape index (κ3) is 2.81. The van der Waals surface area contributed by atoms with E-state index in [1.54, 1.807) is 24.3 Å². The molecule has 2 heterocycles. The molecule has 0 bridgehead atoms. The number of benzene rings is 1. The first-order valence-electron chi connectivity index (χ1n) is 6.20. The summed E-state index contributed by atoms with van der Waals surface area (Å²) >= 11 is 11.6. The summed E-state index contributed by atoms with van der Waals surface area (Å²) in [6.07, 6.45) is 1.32. The fraction of sp³-hybridized carbons (Fsp3) is 0. The van der Waals surface area contributed by atoms with E-state index in [1.165, 1.54) is 18.3 Å². The first kappa shape index (κ1) is 14.6. The fourth-order valence-electron chi connectivity index (χ4n) is 1.91. The minimum atomic E-state index is -0.603. The molecule has 0 aliphatic rings. The maximum Gasteiger partial charge on any atom is 0.344 e. The number of nitrogens with one attached hydrogen (secondary N) is 1. The number of amides is 1. The molecule has 0 saturated carbocycles. The molecule has 1 aromatic carbocycles. The Bertz CT molecular complexity index is 937. The second-order valence-corrected chi connectivity index (χ2v) is 5.24. The molecule has 0 saturated heterocycles. The van der Waals surface area contributed by atoms with Gasteiger partial charge in [0.2, 0.25) is 0 Å². The second-order valence-electron chi connectivity index (χ2n) is 4.42. The van der Waals surface area contributed by atoms with Crippen LogP contribution in [0.5, 0.6) is 0 Å². The fourth-order valence-corrected chi connectivity index (χ4v) is 2.16. The summed E-state index contributed by atoms with van der Waals surface area (Å²) in [4.78, 5) is 27.9. The zero-order valence-corrected chi connectivity index (χ0v) is 12.5. The minimum Gasteiger partial charge on any atom is -0.417 e. The molecule has 0 atom stereocenters. The molecule has 2 aromatic heterocycles. The zero-order chi connectivity index (χ0) is 15.7. The third-order valence-corrected chi connectivity index (χ3v) is 3.65. The summed E-state index contributed by atoms with van der Waals surface area (Å²) in [5.74, 6) is -0.513. The highest BCUT2D eigenvalue weighted by molar-refractivity contribution is 6.42. The summed E-state index contributed by atoms with van der Waals surface area (Å²) in [5.41, 5.74) is -0.578. The van der Waals surface area contributed by atoms with Crippen LogP contribution in [-0.2, 0) is 0 Å². The lowest BCUT2D eigenvalue weighted by molar-refractivity contribution is 0.0992. The van der Waals surface area contributed by atoms with Gasteiger partial charge in [0.15, 0.2) is 5.76 Å². The number of rotatable bonds is 2. The number of anilines is 1. The van der Waals surface area contributed by atoms with Gasteiger partial charge in [-0.05, 0) is 17.5 Å². The van der Waals surface area contributed by atoms with Gasteiger partial charge in [-0.15, -0.1) is 0 Å². The Morgan fingerprint density at radius 1 is 1.14 bits per heavy atom. The Morgan fingerprint density at radius 2 is 1.91 bits per heavy atom. The molecule has 0 aliphatic heterocycles. The lowest BCUT2D eigenvalue weighted by Gasteiger charge is -2.05. The van der Waals surface area contributed by atoms with E-state index in [1.807, 2.05) is 0 Å². The summed E-state index contributed by atoms with van der Waals surface area (Å²) in [7, 11) is 0. The number of hydrogen-bond donors (Lipinski definition) is 1. The van der Waals surface area contributed by atoms with Crippen molar-refractivity contribution >= 4 is 45.7 Å². The van der Waals surface area contributed by atoms with Crippen LogP contribution >= 0.6 is 23.2 Å². The quantitative estimate of drug-likeness (QED) is 0.774. The second kappa shape index (κ2) is 5.79. The standard InChI is InChI=1S/C15H8Cl2N2O3/c16-10-6-13(18-7-11(10)17)19-14(20)12-5-8-3-1-2-4-9(8)15(21)22-12/h1-7H,(H,18,19,20). The Balaban J connectivity index is 1.95. The van der Waals surface area contributed by atoms with Gasteiger partial charge in [-0.1, -0.05) is 41.4 Å². The number of nitrogens with zero attached hydrogens (tertiary/aromatic N) is 1. The lowest BCUT2D eigenvalue weighted by Crippen LogP contribution is -2.15. The van der Waals surface area contributed by atoms with E-state index >= 15 is 0 Å². The van der Waals surface area contributed by atoms with Crippen LogP contribution in [0.4, 0.5) is 5.82 Å². The van der Waals surface area contributed by atoms with Crippen molar-refractivity contribution < 1.29 is 9.21 Å². The molecule has 0 spiro atoms. The molecule has 3 rings (SSSR count). The van der Waals surface area contributed by atoms with E-state index in [0.717, 1.165) is 0 Å². The van der Waals surface area contributed by atoms with Crippen LogP contribution in [0.3, 0.4) is 0 Å². The van der Waals surface area contributed by atoms with Gasteiger partial charge >= 0.3 is 5.63 Å². The first-order valence-corrected chi connectivity index (χ1v) is 6.95. The number of halogens is 2. The molecule has 5 nitrogen and oxygen atoms in total. The van der Waals surface area contributed by atoms with Crippen LogP contribution < -0.4 is 10.9 Å². The molecule has 0 fully saturated rings. The van der Waals surface area contributed by atoms with E-state index in [0.29, 0.717) is 10.8 Å². The highest BCUT2D eigenvalue weighted by Crippen LogP contribution is 2.23. The molecule has 0 radical (unpaired) electrons. The third-order valence-electron chi connectivity index (χ3n) is 2.94. The topological polar surface area (TPSA) is 72.2 Å². The summed E-state index contributed by atoms with van der Waals surface area (Å²) in [5, 5.41) is 4.05. The monoisotopic (exact) mass is 334 g/mol. The number of carbonyl (C=O) groups excluding carboxylic acids is 1. The molecule has 3 aromatic rings. The van der Waals surface area contributed by atoms with E-state index in [-0.39, 0.29) is 21.6 Å². The largest absolute Gasteiger partial charge is 0.417 e. The van der Waals surface area contributed by atoms with Gasteiger partial charge in [0.25, 0.3) is 5.91 Å². The van der Waals surface area contributed by atoms with Crippen molar-refractivity contribution in [2.75, 3.05) is 5.32 Å². The number of hydrogen-bond acceptors (Lipinski definition) is 4. The van der Waals surface area contributed by atoms with Crippen molar-refractivity contribution in [2.24, 2.45) is 0 Å². The van der Waals surface area contributed by atoms with E-state index < -0.39 is 11.5 Å². The summed E-state index contributed by atoms with van der Waals surface area (Å²) in [6.45, 7) is 0. The van der Waals surface area contributed by atoms with Crippen LogP contribution in [0.25, 0.3) is 10.8 Å². The predicted molar refractivity (Wildman–Crippen MR) is 84.7 cm³/mol. The Labute approximate surface area is 134 Å². The Morgan fingerprint density at radius 3 is 2.68 bits per heavy atom. The number of carbonyl (C=O) groups is 1. The smallest absolute Gasteiger partial charge is 0.344 e. The summed E-state index contributed by atoms with van der Waals surface area (Å²) in [6, 6.07) is 9.73. The zero-order valence-electron chi connectivity index (χ0n) is 11.0. The lowest BCUT2D eigenvalue weighted by atomic mass is 10.1. The van der Waals surface area contributed by atoms with Crippen LogP contribution in [0.15, 0.2) is 51.8 Å². The van der Waals surface area contributed by atoms with Crippen molar-refractivity contribution in [2.45, 2.75) is 0 Å². The highest BCUT2D eigenvalue weighted by atomic mass is 35.5. The molecule has 0 aliphatic carbocycles. The van der Waals surface area contributed by atoms with Gasteiger partial charge in [-0.2, -0.15) is 0 Å². The Kier molecular flexibility index (Phi) is 3.83. The molecule has 1 N–H and O–H groups in total. The van der Waals surface area contributed by atoms with Crippen LogP contribution in [0, 0.1) is 0 Å². The van der Waals surface area contributed by atoms with Gasteiger partial charge < -0.3 is 9.73 Å². The molecule has 1 amide bonds. The average Bonchev–Trinajstić information content (AvgIpc) is 2.51. The molecule has 110 valence electrons. The van der Waals surface area contributed by atoms with Crippen molar-refractivity contribution in [1.82, 2.24) is 4.98 Å². The number of aromatic nitrogens is 1. The number of pyridine rings is 1. The van der Waals surface area contributed by atoms with Crippen molar-refractivity contribution in [3.05, 3.63) is 68.8 Å². The van der Waals surface area contributed by atoms with Crippen LogP contribution in [0.2, 0.25) is 10.0 Å². The van der Waals surface area contributed by atoms with E-state index in [9.17, 15) is 9.59 Å². The predicted octanol–water partition coefficient (Wildman–Crippen LogP) is 3.75. The van der Waals surface area contributed by atoms with E-state index in [2.05, 4.69) is 10.3 Å². The maximum absolute atomic E-state index is 12.1. The van der Waals surface area contributed by atoms with Gasteiger partial charge in [-0.3, -0.25) is 4.79 Å². The Hall–Kier alpha value is -2.37. The summed E-state index contributed by atoms with van der Waals surface area (Å²) < 4.78 is 5.02. The number of fused-ring (bicyclic) bond motifs is 1. The first-order chi connectivity index (χ1) is 10.5. The molecule has 22 heavy (non-hydrogen) atoms. The molecular formula is C15H8Cl2N2O3. The SMILES string of the molecule is O=C(Nc1cc(Cl)c(Cl)cn1)c1cc2ccccc2c(=O)o1. The van der Waals surface area contributed by atoms with Crippen molar-refractivity contribution in [3.63, 3.8) is 0 Å². The normalized spacial score (nSPS) is 10.6. The maximum atomic E-state index is 12.1. The van der Waals surface area contributed by atoms with Crippen molar-refractivity contribution in [3.8, 4) is 0 Å². The molecule has 7 heteroatoms. The van der Waals surface area contributed by atoms with Crippen LogP contribution in [0.1, 0.15) is 10.6 Å². The average molecular weight is 335 g/mol. The minimum absolute atomic E-state index is 0.114. The van der Waals surface area contributed by atoms with Crippen LogP contribution in [-0.4, -0.2) is 10.9 Å². The molecule has 0 unspecified atom stereocenters. The highest BCUT2D eigenvalue weighted by Gasteiger charge is 2.13.